The van der Waals surface area contributed by atoms with Gasteiger partial charge in [0.05, 0.1) is 30.1 Å². The summed E-state index contributed by atoms with van der Waals surface area (Å²) in [5.41, 5.74) is 3.90. The number of aryl methyl sites for hydroxylation is 1. The summed E-state index contributed by atoms with van der Waals surface area (Å²) in [4.78, 5) is 9.21. The van der Waals surface area contributed by atoms with Gasteiger partial charge in [-0.15, -0.1) is 11.3 Å². The van der Waals surface area contributed by atoms with Crippen LogP contribution in [0.3, 0.4) is 0 Å². The molecule has 5 aromatic rings. The lowest BCUT2D eigenvalue weighted by Gasteiger charge is -2.08. The number of imidazole rings is 1. The molecule has 0 radical (unpaired) electrons. The quantitative estimate of drug-likeness (QED) is 0.360. The topological polar surface area (TPSA) is 86.7 Å². The van der Waals surface area contributed by atoms with E-state index >= 15 is 0 Å². The predicted molar refractivity (Wildman–Crippen MR) is 125 cm³/mol. The SMILES string of the molecule is COc1cc(OCc2csc(NC(C)C)n2)c2cc(-c3cn4nc(C)ccc4n3)oc2c1. The highest BCUT2D eigenvalue weighted by molar-refractivity contribution is 7.13. The molecule has 4 heterocycles. The maximum Gasteiger partial charge on any atom is 0.183 e. The van der Waals surface area contributed by atoms with Gasteiger partial charge >= 0.3 is 0 Å². The number of anilines is 1. The van der Waals surface area contributed by atoms with Gasteiger partial charge < -0.3 is 19.2 Å². The first-order valence-corrected chi connectivity index (χ1v) is 11.1. The molecule has 164 valence electrons. The van der Waals surface area contributed by atoms with Crippen molar-refractivity contribution in [3.63, 3.8) is 0 Å². The van der Waals surface area contributed by atoms with E-state index in [0.29, 0.717) is 41.2 Å². The van der Waals surface area contributed by atoms with E-state index in [4.69, 9.17) is 13.9 Å². The Hall–Kier alpha value is -3.59. The van der Waals surface area contributed by atoms with Crippen LogP contribution in [0.25, 0.3) is 28.1 Å². The van der Waals surface area contributed by atoms with E-state index in [0.717, 1.165) is 27.6 Å². The molecule has 8 nitrogen and oxygen atoms in total. The second-order valence-electron chi connectivity index (χ2n) is 7.78. The molecule has 0 saturated heterocycles. The van der Waals surface area contributed by atoms with Crippen molar-refractivity contribution < 1.29 is 13.9 Å². The molecule has 9 heteroatoms. The average Bonchev–Trinajstić information content (AvgIpc) is 3.48. The van der Waals surface area contributed by atoms with E-state index in [1.807, 2.05) is 48.8 Å². The van der Waals surface area contributed by atoms with Gasteiger partial charge in [0.2, 0.25) is 0 Å². The van der Waals surface area contributed by atoms with Crippen LogP contribution in [0.15, 0.2) is 46.3 Å². The van der Waals surface area contributed by atoms with Crippen molar-refractivity contribution >= 4 is 33.1 Å². The van der Waals surface area contributed by atoms with Gasteiger partial charge in [0.1, 0.15) is 29.4 Å². The van der Waals surface area contributed by atoms with Crippen LogP contribution < -0.4 is 14.8 Å². The fraction of sp³-hybridized carbons (Fsp3) is 0.261. The summed E-state index contributed by atoms with van der Waals surface area (Å²) in [7, 11) is 1.62. The molecule has 0 aliphatic rings. The van der Waals surface area contributed by atoms with E-state index in [2.05, 4.69) is 34.2 Å². The van der Waals surface area contributed by atoms with Crippen molar-refractivity contribution in [2.75, 3.05) is 12.4 Å². The van der Waals surface area contributed by atoms with E-state index in [1.165, 1.54) is 0 Å². The lowest BCUT2D eigenvalue weighted by atomic mass is 10.2. The second-order valence-corrected chi connectivity index (χ2v) is 8.64. The Labute approximate surface area is 188 Å². The summed E-state index contributed by atoms with van der Waals surface area (Å²) in [6, 6.07) is 9.83. The summed E-state index contributed by atoms with van der Waals surface area (Å²) in [5, 5.41) is 11.5. The smallest absolute Gasteiger partial charge is 0.183 e. The number of furan rings is 1. The molecule has 5 rings (SSSR count). The van der Waals surface area contributed by atoms with E-state index in [-0.39, 0.29) is 0 Å². The molecule has 0 unspecified atom stereocenters. The van der Waals surface area contributed by atoms with Gasteiger partial charge in [0, 0.05) is 23.6 Å². The number of thiazole rings is 1. The Morgan fingerprint density at radius 1 is 1.19 bits per heavy atom. The van der Waals surface area contributed by atoms with Crippen LogP contribution in [0.4, 0.5) is 5.13 Å². The number of fused-ring (bicyclic) bond motifs is 2. The van der Waals surface area contributed by atoms with Crippen molar-refractivity contribution in [1.82, 2.24) is 19.6 Å². The molecular formula is C23H23N5O3S. The number of methoxy groups -OCH3 is 1. The Balaban J connectivity index is 1.46. The van der Waals surface area contributed by atoms with E-state index < -0.39 is 0 Å². The van der Waals surface area contributed by atoms with Crippen molar-refractivity contribution in [2.24, 2.45) is 0 Å². The molecular weight excluding hydrogens is 426 g/mol. The van der Waals surface area contributed by atoms with Gasteiger partial charge in [-0.2, -0.15) is 5.10 Å². The van der Waals surface area contributed by atoms with Crippen molar-refractivity contribution in [3.05, 3.63) is 53.3 Å². The van der Waals surface area contributed by atoms with Crippen LogP contribution in [-0.4, -0.2) is 32.7 Å². The van der Waals surface area contributed by atoms with Gasteiger partial charge in [0.15, 0.2) is 16.5 Å². The monoisotopic (exact) mass is 449 g/mol. The van der Waals surface area contributed by atoms with Crippen LogP contribution in [0.2, 0.25) is 0 Å². The summed E-state index contributed by atoms with van der Waals surface area (Å²) >= 11 is 1.57. The average molecular weight is 450 g/mol. The molecule has 0 aliphatic carbocycles. The van der Waals surface area contributed by atoms with Crippen LogP contribution in [0.1, 0.15) is 25.2 Å². The first-order chi connectivity index (χ1) is 15.5. The number of aromatic nitrogens is 4. The number of hydrogen-bond acceptors (Lipinski definition) is 8. The molecule has 0 spiro atoms. The highest BCUT2D eigenvalue weighted by atomic mass is 32.1. The Morgan fingerprint density at radius 2 is 2.06 bits per heavy atom. The number of hydrogen-bond donors (Lipinski definition) is 1. The zero-order chi connectivity index (χ0) is 22.2. The van der Waals surface area contributed by atoms with Crippen LogP contribution in [0.5, 0.6) is 11.5 Å². The molecule has 0 aliphatic heterocycles. The summed E-state index contributed by atoms with van der Waals surface area (Å²) in [5.74, 6) is 1.96. The molecule has 32 heavy (non-hydrogen) atoms. The minimum absolute atomic E-state index is 0.330. The third kappa shape index (κ3) is 3.99. The fourth-order valence-corrected chi connectivity index (χ4v) is 4.22. The zero-order valence-corrected chi connectivity index (χ0v) is 19.1. The maximum atomic E-state index is 6.13. The number of nitrogens with zero attached hydrogens (tertiary/aromatic N) is 4. The van der Waals surface area contributed by atoms with Crippen LogP contribution in [0, 0.1) is 6.92 Å². The molecule has 0 atom stereocenters. The van der Waals surface area contributed by atoms with Gasteiger partial charge in [-0.25, -0.2) is 14.5 Å². The molecule has 1 N–H and O–H groups in total. The number of rotatable bonds is 7. The van der Waals surface area contributed by atoms with Gasteiger partial charge in [0.25, 0.3) is 0 Å². The minimum Gasteiger partial charge on any atom is -0.496 e. The highest BCUT2D eigenvalue weighted by Crippen LogP contribution is 2.37. The van der Waals surface area contributed by atoms with Gasteiger partial charge in [-0.3, -0.25) is 0 Å². The summed E-state index contributed by atoms with van der Waals surface area (Å²) in [6.07, 6.45) is 1.86. The summed E-state index contributed by atoms with van der Waals surface area (Å²) in [6.45, 7) is 6.46. The van der Waals surface area contributed by atoms with Crippen LogP contribution >= 0.6 is 11.3 Å². The second kappa shape index (κ2) is 8.16. The summed E-state index contributed by atoms with van der Waals surface area (Å²) < 4.78 is 19.4. The third-order valence-electron chi connectivity index (χ3n) is 4.85. The maximum absolute atomic E-state index is 6.13. The van der Waals surface area contributed by atoms with Gasteiger partial charge in [-0.05, 0) is 39.0 Å². The Bertz CT molecular complexity index is 1400. The molecule has 1 aromatic carbocycles. The Morgan fingerprint density at radius 3 is 2.88 bits per heavy atom. The molecule has 0 bridgehead atoms. The largest absolute Gasteiger partial charge is 0.496 e. The highest BCUT2D eigenvalue weighted by Gasteiger charge is 2.16. The molecule has 0 fully saturated rings. The first kappa shape index (κ1) is 20.3. The van der Waals surface area contributed by atoms with Crippen LogP contribution in [-0.2, 0) is 6.61 Å². The number of ether oxygens (including phenoxy) is 2. The number of nitrogens with one attached hydrogen (secondary N) is 1. The predicted octanol–water partition coefficient (Wildman–Crippen LogP) is 5.32. The van der Waals surface area contributed by atoms with Gasteiger partial charge in [-0.1, -0.05) is 0 Å². The van der Waals surface area contributed by atoms with Crippen molar-refractivity contribution in [3.8, 4) is 23.0 Å². The molecule has 4 aromatic heterocycles. The normalized spacial score (nSPS) is 11.5. The minimum atomic E-state index is 0.330. The molecule has 0 saturated carbocycles. The zero-order valence-electron chi connectivity index (χ0n) is 18.2. The molecule has 0 amide bonds. The lowest BCUT2D eigenvalue weighted by Crippen LogP contribution is -2.09. The standard InChI is InChI=1S/C23H23N5O3S/c1-13(2)24-23-25-15(12-32-23)11-30-19-7-16(29-4)8-20-17(19)9-21(31-20)18-10-28-22(26-18)6-5-14(3)27-28/h5-10,12-13H,11H2,1-4H3,(H,24,25). The first-order valence-electron chi connectivity index (χ1n) is 10.3. The van der Waals surface area contributed by atoms with E-state index in [9.17, 15) is 0 Å². The fourth-order valence-electron chi connectivity index (χ4n) is 3.38. The van der Waals surface area contributed by atoms with E-state index in [1.54, 1.807) is 23.0 Å². The van der Waals surface area contributed by atoms with Crippen molar-refractivity contribution in [1.29, 1.82) is 0 Å². The third-order valence-corrected chi connectivity index (χ3v) is 5.68. The Kier molecular flexibility index (Phi) is 5.18. The lowest BCUT2D eigenvalue weighted by molar-refractivity contribution is 0.303. The van der Waals surface area contributed by atoms with Crippen molar-refractivity contribution in [2.45, 2.75) is 33.4 Å². The number of benzene rings is 1.